The highest BCUT2D eigenvalue weighted by molar-refractivity contribution is 5.88. The maximum absolute atomic E-state index is 11.8. The normalized spacial score (nSPS) is 10.2. The maximum atomic E-state index is 11.8. The molecule has 0 aliphatic rings. The molecule has 6 nitrogen and oxygen atoms in total. The monoisotopic (exact) mass is 305 g/mol. The number of nitrogens with one attached hydrogen (secondary N) is 3. The number of hydrogen-bond donors (Lipinski definition) is 3. The Morgan fingerprint density at radius 1 is 1.00 bits per heavy atom. The summed E-state index contributed by atoms with van der Waals surface area (Å²) in [6, 6.07) is 7.11. The third-order valence-electron chi connectivity index (χ3n) is 2.91. The van der Waals surface area contributed by atoms with E-state index in [1.54, 1.807) is 24.3 Å². The van der Waals surface area contributed by atoms with Gasteiger partial charge in [0.25, 0.3) is 0 Å². The van der Waals surface area contributed by atoms with Crippen molar-refractivity contribution in [3.8, 4) is 0 Å². The van der Waals surface area contributed by atoms with Crippen molar-refractivity contribution in [2.45, 2.75) is 27.2 Å². The highest BCUT2D eigenvalue weighted by Gasteiger charge is 2.06. The van der Waals surface area contributed by atoms with Crippen LogP contribution in [-0.2, 0) is 20.8 Å². The standard InChI is InChI=1S/C16H23N3O3/c1-11(2)16(22)18-9-8-17-15(21)10-13-4-6-14(7-5-13)19-12(3)20/h4-7,11H,8-10H2,1-3H3,(H,17,21)(H,18,22)(H,19,20). The quantitative estimate of drug-likeness (QED) is 0.659. The van der Waals surface area contributed by atoms with Crippen molar-refractivity contribution in [3.63, 3.8) is 0 Å². The van der Waals surface area contributed by atoms with Crippen LogP contribution in [-0.4, -0.2) is 30.8 Å². The lowest BCUT2D eigenvalue weighted by Crippen LogP contribution is -2.36. The van der Waals surface area contributed by atoms with Gasteiger partial charge in [-0.05, 0) is 17.7 Å². The molecule has 0 unspecified atom stereocenters. The summed E-state index contributed by atoms with van der Waals surface area (Å²) < 4.78 is 0. The molecule has 0 spiro atoms. The van der Waals surface area contributed by atoms with E-state index in [9.17, 15) is 14.4 Å². The van der Waals surface area contributed by atoms with Gasteiger partial charge in [0.1, 0.15) is 0 Å². The predicted molar refractivity (Wildman–Crippen MR) is 85.3 cm³/mol. The first-order valence-electron chi connectivity index (χ1n) is 7.29. The first kappa shape index (κ1) is 17.7. The van der Waals surface area contributed by atoms with Gasteiger partial charge in [0.15, 0.2) is 0 Å². The number of carbonyl (C=O) groups is 3. The van der Waals surface area contributed by atoms with E-state index in [0.29, 0.717) is 18.8 Å². The van der Waals surface area contributed by atoms with E-state index in [2.05, 4.69) is 16.0 Å². The zero-order valence-electron chi connectivity index (χ0n) is 13.2. The Bertz CT molecular complexity index is 524. The third kappa shape index (κ3) is 6.88. The van der Waals surface area contributed by atoms with Crippen LogP contribution in [0.5, 0.6) is 0 Å². The van der Waals surface area contributed by atoms with Crippen LogP contribution in [0, 0.1) is 5.92 Å². The Morgan fingerprint density at radius 2 is 1.59 bits per heavy atom. The summed E-state index contributed by atoms with van der Waals surface area (Å²) >= 11 is 0. The van der Waals surface area contributed by atoms with Crippen molar-refractivity contribution in [1.29, 1.82) is 0 Å². The molecule has 0 aliphatic heterocycles. The lowest BCUT2D eigenvalue weighted by Gasteiger charge is -2.09. The molecule has 1 aromatic carbocycles. The molecule has 0 saturated heterocycles. The molecule has 3 amide bonds. The van der Waals surface area contributed by atoms with E-state index >= 15 is 0 Å². The summed E-state index contributed by atoms with van der Waals surface area (Å²) in [6.45, 7) is 5.90. The van der Waals surface area contributed by atoms with Gasteiger partial charge < -0.3 is 16.0 Å². The fraction of sp³-hybridized carbons (Fsp3) is 0.438. The SMILES string of the molecule is CC(=O)Nc1ccc(CC(=O)NCCNC(=O)C(C)C)cc1. The average molecular weight is 305 g/mol. The van der Waals surface area contributed by atoms with Crippen LogP contribution in [0.2, 0.25) is 0 Å². The van der Waals surface area contributed by atoms with Crippen LogP contribution in [0.25, 0.3) is 0 Å². The van der Waals surface area contributed by atoms with Crippen molar-refractivity contribution >= 4 is 23.4 Å². The lowest BCUT2D eigenvalue weighted by atomic mass is 10.1. The van der Waals surface area contributed by atoms with Crippen LogP contribution in [0.4, 0.5) is 5.69 Å². The molecule has 0 saturated carbocycles. The molecule has 0 aliphatic carbocycles. The van der Waals surface area contributed by atoms with E-state index < -0.39 is 0 Å². The molecule has 0 heterocycles. The summed E-state index contributed by atoms with van der Waals surface area (Å²) in [7, 11) is 0. The summed E-state index contributed by atoms with van der Waals surface area (Å²) in [6.07, 6.45) is 0.262. The summed E-state index contributed by atoms with van der Waals surface area (Å²) in [5.74, 6) is -0.319. The Hall–Kier alpha value is -2.37. The molecule has 22 heavy (non-hydrogen) atoms. The van der Waals surface area contributed by atoms with E-state index in [4.69, 9.17) is 0 Å². The van der Waals surface area contributed by atoms with Crippen LogP contribution < -0.4 is 16.0 Å². The number of carbonyl (C=O) groups excluding carboxylic acids is 3. The molecular weight excluding hydrogens is 282 g/mol. The van der Waals surface area contributed by atoms with Crippen molar-refractivity contribution in [2.24, 2.45) is 5.92 Å². The second-order valence-electron chi connectivity index (χ2n) is 5.35. The fourth-order valence-electron chi connectivity index (χ4n) is 1.75. The van der Waals surface area contributed by atoms with Gasteiger partial charge in [-0.2, -0.15) is 0 Å². The molecule has 0 bridgehead atoms. The van der Waals surface area contributed by atoms with Gasteiger partial charge in [-0.25, -0.2) is 0 Å². The topological polar surface area (TPSA) is 87.3 Å². The van der Waals surface area contributed by atoms with Gasteiger partial charge in [-0.1, -0.05) is 26.0 Å². The van der Waals surface area contributed by atoms with E-state index in [0.717, 1.165) is 5.56 Å². The molecule has 6 heteroatoms. The Labute approximate surface area is 130 Å². The average Bonchev–Trinajstić information content (AvgIpc) is 2.44. The minimum absolute atomic E-state index is 0.0252. The van der Waals surface area contributed by atoms with Gasteiger partial charge in [0.2, 0.25) is 17.7 Å². The third-order valence-corrected chi connectivity index (χ3v) is 2.91. The van der Waals surface area contributed by atoms with Crippen LogP contribution >= 0.6 is 0 Å². The van der Waals surface area contributed by atoms with Gasteiger partial charge in [0.05, 0.1) is 6.42 Å². The molecule has 120 valence electrons. The highest BCUT2D eigenvalue weighted by atomic mass is 16.2. The molecule has 0 atom stereocenters. The van der Waals surface area contributed by atoms with Gasteiger partial charge in [0, 0.05) is 31.6 Å². The Morgan fingerprint density at radius 3 is 2.14 bits per heavy atom. The number of hydrogen-bond acceptors (Lipinski definition) is 3. The summed E-state index contributed by atoms with van der Waals surface area (Å²) in [5, 5.41) is 8.15. The van der Waals surface area contributed by atoms with E-state index in [1.807, 2.05) is 13.8 Å². The van der Waals surface area contributed by atoms with Gasteiger partial charge in [-0.3, -0.25) is 14.4 Å². The van der Waals surface area contributed by atoms with Crippen molar-refractivity contribution in [3.05, 3.63) is 29.8 Å². The second kappa shape index (κ2) is 8.81. The number of benzene rings is 1. The maximum Gasteiger partial charge on any atom is 0.224 e. The zero-order chi connectivity index (χ0) is 16.5. The van der Waals surface area contributed by atoms with Crippen molar-refractivity contribution < 1.29 is 14.4 Å². The van der Waals surface area contributed by atoms with Crippen molar-refractivity contribution in [2.75, 3.05) is 18.4 Å². The number of anilines is 1. The molecular formula is C16H23N3O3. The number of amides is 3. The van der Waals surface area contributed by atoms with Crippen LogP contribution in [0.3, 0.4) is 0 Å². The highest BCUT2D eigenvalue weighted by Crippen LogP contribution is 2.09. The number of rotatable bonds is 7. The minimum Gasteiger partial charge on any atom is -0.354 e. The van der Waals surface area contributed by atoms with E-state index in [1.165, 1.54) is 6.92 Å². The Balaban J connectivity index is 2.30. The first-order chi connectivity index (χ1) is 10.4. The van der Waals surface area contributed by atoms with Crippen molar-refractivity contribution in [1.82, 2.24) is 10.6 Å². The van der Waals surface area contributed by atoms with Crippen LogP contribution in [0.15, 0.2) is 24.3 Å². The Kier molecular flexibility index (Phi) is 7.08. The molecule has 3 N–H and O–H groups in total. The molecule has 0 radical (unpaired) electrons. The molecule has 0 fully saturated rings. The summed E-state index contributed by atoms with van der Waals surface area (Å²) in [5.41, 5.74) is 1.56. The van der Waals surface area contributed by atoms with Gasteiger partial charge in [-0.15, -0.1) is 0 Å². The second-order valence-corrected chi connectivity index (χ2v) is 5.35. The zero-order valence-corrected chi connectivity index (χ0v) is 13.2. The smallest absolute Gasteiger partial charge is 0.224 e. The van der Waals surface area contributed by atoms with Gasteiger partial charge >= 0.3 is 0 Å². The minimum atomic E-state index is -0.131. The lowest BCUT2D eigenvalue weighted by molar-refractivity contribution is -0.124. The first-order valence-corrected chi connectivity index (χ1v) is 7.29. The molecule has 0 aromatic heterocycles. The molecule has 1 aromatic rings. The fourth-order valence-corrected chi connectivity index (χ4v) is 1.75. The van der Waals surface area contributed by atoms with Crippen LogP contribution in [0.1, 0.15) is 26.3 Å². The largest absolute Gasteiger partial charge is 0.354 e. The summed E-state index contributed by atoms with van der Waals surface area (Å²) in [4.78, 5) is 34.0. The molecule has 1 rings (SSSR count). The predicted octanol–water partition coefficient (Wildman–Crippen LogP) is 1.08. The van der Waals surface area contributed by atoms with E-state index in [-0.39, 0.29) is 30.1 Å².